The lowest BCUT2D eigenvalue weighted by Crippen LogP contribution is -2.41. The van der Waals surface area contributed by atoms with E-state index in [9.17, 15) is 27.6 Å². The molecule has 4 rings (SSSR count). The number of benzene rings is 1. The molecule has 1 aliphatic rings. The fourth-order valence-electron chi connectivity index (χ4n) is 4.34. The number of aromatic nitrogens is 2. The number of pyridine rings is 1. The van der Waals surface area contributed by atoms with Crippen LogP contribution >= 0.6 is 0 Å². The van der Waals surface area contributed by atoms with Gasteiger partial charge in [-0.3, -0.25) is 14.4 Å². The van der Waals surface area contributed by atoms with Crippen molar-refractivity contribution >= 4 is 23.3 Å². The van der Waals surface area contributed by atoms with Gasteiger partial charge in [-0.05, 0) is 36.6 Å². The summed E-state index contributed by atoms with van der Waals surface area (Å²) in [6.45, 7) is 4.74. The highest BCUT2D eigenvalue weighted by Gasteiger charge is 2.41. The van der Waals surface area contributed by atoms with Gasteiger partial charge in [0.25, 0.3) is 0 Å². The molecule has 8 nitrogen and oxygen atoms in total. The van der Waals surface area contributed by atoms with Crippen LogP contribution < -0.4 is 10.2 Å². The number of Topliss-reactive ketones (excluding diaryl/α,β-unsaturated/α-hetero) is 2. The van der Waals surface area contributed by atoms with Crippen molar-refractivity contribution in [1.29, 1.82) is 0 Å². The zero-order valence-corrected chi connectivity index (χ0v) is 21.6. The Labute approximate surface area is 223 Å². The number of nitrogens with zero attached hydrogens (tertiary/aromatic N) is 3. The van der Waals surface area contributed by atoms with Gasteiger partial charge in [-0.15, -0.1) is 0 Å². The summed E-state index contributed by atoms with van der Waals surface area (Å²) in [6.07, 6.45) is -2.50. The highest BCUT2D eigenvalue weighted by Crippen LogP contribution is 2.36. The number of oxazole rings is 1. The van der Waals surface area contributed by atoms with Crippen LogP contribution in [0.3, 0.4) is 0 Å². The second-order valence-corrected chi connectivity index (χ2v) is 9.79. The normalized spacial score (nSPS) is 14.5. The van der Waals surface area contributed by atoms with E-state index < -0.39 is 23.4 Å². The van der Waals surface area contributed by atoms with E-state index >= 15 is 0 Å². The number of halogens is 3. The van der Waals surface area contributed by atoms with Gasteiger partial charge in [0.1, 0.15) is 5.82 Å². The largest absolute Gasteiger partial charge is 0.452 e. The van der Waals surface area contributed by atoms with E-state index in [-0.39, 0.29) is 42.4 Å². The second kappa shape index (κ2) is 11.8. The van der Waals surface area contributed by atoms with Crippen LogP contribution in [0.4, 0.5) is 19.0 Å². The number of amides is 1. The van der Waals surface area contributed by atoms with Gasteiger partial charge in [-0.2, -0.15) is 13.2 Å². The quantitative estimate of drug-likeness (QED) is 0.390. The standard InChI is InChI=1S/C28H29F3N4O4/c1-17(2)26(38)33-16-22(37)19-10-12-35(13-11-19)23-9-8-18(15-32-23)14-21(36)24-25(28(29,30)31)39-27(34-24)20-6-4-3-5-7-20/h3-9,15,17,19H,10-14,16H2,1-2H3,(H,33,38). The van der Waals surface area contributed by atoms with Crippen LogP contribution in [0.2, 0.25) is 0 Å². The maximum atomic E-state index is 13.6. The lowest BCUT2D eigenvalue weighted by atomic mass is 9.92. The third kappa shape index (κ3) is 6.90. The van der Waals surface area contributed by atoms with Crippen molar-refractivity contribution in [2.75, 3.05) is 24.5 Å². The first kappa shape index (κ1) is 28.0. The molecule has 39 heavy (non-hydrogen) atoms. The Kier molecular flexibility index (Phi) is 8.47. The molecule has 0 aliphatic carbocycles. The summed E-state index contributed by atoms with van der Waals surface area (Å²) in [5, 5.41) is 2.66. The van der Waals surface area contributed by atoms with Gasteiger partial charge >= 0.3 is 6.18 Å². The van der Waals surface area contributed by atoms with Crippen LogP contribution in [0.5, 0.6) is 0 Å². The number of piperidine rings is 1. The SMILES string of the molecule is CC(C)C(=O)NCC(=O)C1CCN(c2ccc(CC(=O)c3nc(-c4ccccc4)oc3C(F)(F)F)cn2)CC1. The zero-order chi connectivity index (χ0) is 28.2. The molecule has 206 valence electrons. The Hall–Kier alpha value is -4.02. The van der Waals surface area contributed by atoms with Crippen molar-refractivity contribution in [3.8, 4) is 11.5 Å². The fourth-order valence-corrected chi connectivity index (χ4v) is 4.34. The molecular weight excluding hydrogens is 513 g/mol. The minimum absolute atomic E-state index is 0.00646. The minimum Gasteiger partial charge on any atom is -0.431 e. The summed E-state index contributed by atoms with van der Waals surface area (Å²) in [6, 6.07) is 11.4. The lowest BCUT2D eigenvalue weighted by Gasteiger charge is -2.32. The average molecular weight is 543 g/mol. The van der Waals surface area contributed by atoms with Gasteiger partial charge in [0.2, 0.25) is 17.6 Å². The number of rotatable bonds is 9. The molecule has 0 unspecified atom stereocenters. The van der Waals surface area contributed by atoms with Crippen molar-refractivity contribution in [2.45, 2.75) is 39.3 Å². The number of nitrogens with one attached hydrogen (secondary N) is 1. The Bertz CT molecular complexity index is 1310. The van der Waals surface area contributed by atoms with Crippen molar-refractivity contribution in [3.63, 3.8) is 0 Å². The van der Waals surface area contributed by atoms with Crippen LogP contribution in [0, 0.1) is 11.8 Å². The highest BCUT2D eigenvalue weighted by molar-refractivity contribution is 5.97. The van der Waals surface area contributed by atoms with E-state index in [0.717, 1.165) is 0 Å². The molecule has 0 spiro atoms. The topological polar surface area (TPSA) is 105 Å². The number of carbonyl (C=O) groups is 3. The molecule has 1 amide bonds. The van der Waals surface area contributed by atoms with Gasteiger partial charge in [0.15, 0.2) is 17.3 Å². The molecule has 0 atom stereocenters. The molecule has 1 saturated heterocycles. The average Bonchev–Trinajstić information content (AvgIpc) is 3.39. The second-order valence-electron chi connectivity index (χ2n) is 9.79. The van der Waals surface area contributed by atoms with Crippen molar-refractivity contribution in [2.24, 2.45) is 11.8 Å². The van der Waals surface area contributed by atoms with Crippen molar-refractivity contribution in [1.82, 2.24) is 15.3 Å². The third-order valence-corrected chi connectivity index (χ3v) is 6.58. The first-order valence-electron chi connectivity index (χ1n) is 12.7. The summed E-state index contributed by atoms with van der Waals surface area (Å²) in [4.78, 5) is 47.2. The summed E-state index contributed by atoms with van der Waals surface area (Å²) in [7, 11) is 0. The summed E-state index contributed by atoms with van der Waals surface area (Å²) >= 11 is 0. The van der Waals surface area contributed by atoms with Gasteiger partial charge < -0.3 is 14.6 Å². The first-order chi connectivity index (χ1) is 18.5. The third-order valence-electron chi connectivity index (χ3n) is 6.58. The number of ketones is 2. The number of hydrogen-bond acceptors (Lipinski definition) is 7. The maximum absolute atomic E-state index is 13.6. The molecule has 11 heteroatoms. The van der Waals surface area contributed by atoms with E-state index in [0.29, 0.717) is 42.9 Å². The summed E-state index contributed by atoms with van der Waals surface area (Å²) in [5.41, 5.74) is 0.00713. The smallest absolute Gasteiger partial charge is 0.431 e. The molecule has 1 aromatic carbocycles. The Morgan fingerprint density at radius 1 is 1.08 bits per heavy atom. The Morgan fingerprint density at radius 3 is 2.36 bits per heavy atom. The van der Waals surface area contributed by atoms with Crippen LogP contribution in [0.1, 0.15) is 48.5 Å². The number of alkyl halides is 3. The van der Waals surface area contributed by atoms with Crippen molar-refractivity contribution < 1.29 is 32.0 Å². The van der Waals surface area contributed by atoms with E-state index in [4.69, 9.17) is 4.42 Å². The van der Waals surface area contributed by atoms with E-state index in [1.807, 2.05) is 4.90 Å². The molecule has 3 heterocycles. The minimum atomic E-state index is -4.87. The monoisotopic (exact) mass is 542 g/mol. The Balaban J connectivity index is 1.37. The molecule has 3 aromatic rings. The van der Waals surface area contributed by atoms with Gasteiger partial charge in [-0.1, -0.05) is 38.1 Å². The van der Waals surface area contributed by atoms with Crippen LogP contribution in [-0.4, -0.2) is 47.1 Å². The lowest BCUT2D eigenvalue weighted by molar-refractivity contribution is -0.153. The zero-order valence-electron chi connectivity index (χ0n) is 21.6. The first-order valence-corrected chi connectivity index (χ1v) is 12.7. The predicted octanol–water partition coefficient (Wildman–Crippen LogP) is 4.74. The van der Waals surface area contributed by atoms with Crippen LogP contribution in [0.15, 0.2) is 53.1 Å². The molecule has 2 aromatic heterocycles. The molecule has 1 N–H and O–H groups in total. The van der Waals surface area contributed by atoms with E-state index in [2.05, 4.69) is 15.3 Å². The Morgan fingerprint density at radius 2 is 1.77 bits per heavy atom. The van der Waals surface area contributed by atoms with E-state index in [1.165, 1.54) is 6.20 Å². The van der Waals surface area contributed by atoms with Crippen molar-refractivity contribution in [3.05, 3.63) is 65.7 Å². The van der Waals surface area contributed by atoms with E-state index in [1.54, 1.807) is 56.3 Å². The number of anilines is 1. The summed E-state index contributed by atoms with van der Waals surface area (Å²) < 4.78 is 45.7. The van der Waals surface area contributed by atoms with Gasteiger partial charge in [-0.25, -0.2) is 9.97 Å². The molecule has 1 fully saturated rings. The molecular formula is C28H29F3N4O4. The highest BCUT2D eigenvalue weighted by atomic mass is 19.4. The number of hydrogen-bond donors (Lipinski definition) is 1. The fraction of sp³-hybridized carbons (Fsp3) is 0.393. The van der Waals surface area contributed by atoms with Gasteiger partial charge in [0, 0.05) is 43.1 Å². The van der Waals surface area contributed by atoms with Crippen LogP contribution in [0.25, 0.3) is 11.5 Å². The summed E-state index contributed by atoms with van der Waals surface area (Å²) in [5.74, 6) is -2.35. The van der Waals surface area contributed by atoms with Gasteiger partial charge in [0.05, 0.1) is 6.54 Å². The van der Waals surface area contributed by atoms with Crippen LogP contribution in [-0.2, 0) is 22.2 Å². The molecule has 1 aliphatic heterocycles. The molecule has 0 radical (unpaired) electrons. The molecule has 0 bridgehead atoms. The molecule has 0 saturated carbocycles. The predicted molar refractivity (Wildman–Crippen MR) is 137 cm³/mol. The number of carbonyl (C=O) groups excluding carboxylic acids is 3. The maximum Gasteiger partial charge on any atom is 0.452 e.